The molecule has 0 saturated carbocycles. The molecule has 0 spiro atoms. The van der Waals surface area contributed by atoms with Crippen molar-refractivity contribution in [2.75, 3.05) is 5.73 Å². The Morgan fingerprint density at radius 2 is 1.89 bits per heavy atom. The summed E-state index contributed by atoms with van der Waals surface area (Å²) in [5.74, 6) is 0.350. The Balaban J connectivity index is 1.64. The van der Waals surface area contributed by atoms with Crippen molar-refractivity contribution in [2.45, 2.75) is 13.0 Å². The van der Waals surface area contributed by atoms with Gasteiger partial charge in [0.1, 0.15) is 41.0 Å². The van der Waals surface area contributed by atoms with Gasteiger partial charge in [0.25, 0.3) is 0 Å². The lowest BCUT2D eigenvalue weighted by Gasteiger charge is -2.17. The fourth-order valence-electron chi connectivity index (χ4n) is 4.46. The minimum absolute atomic E-state index is 0.120. The first kappa shape index (κ1) is 22.4. The van der Waals surface area contributed by atoms with Crippen molar-refractivity contribution in [1.29, 1.82) is 0 Å². The molecular weight excluding hydrogens is 477 g/mol. The number of nitrogen functional groups attached to an aromatic ring is 1. The van der Waals surface area contributed by atoms with Gasteiger partial charge in [0.05, 0.1) is 16.3 Å². The predicted molar refractivity (Wildman–Crippen MR) is 135 cm³/mol. The topological polar surface area (TPSA) is 130 Å². The number of fused-ring (bicyclic) bond motifs is 2. The van der Waals surface area contributed by atoms with Crippen LogP contribution in [0.3, 0.4) is 0 Å². The van der Waals surface area contributed by atoms with Gasteiger partial charge in [-0.1, -0.05) is 24.3 Å². The number of anilines is 1. The van der Waals surface area contributed by atoms with Gasteiger partial charge >= 0.3 is 0 Å². The van der Waals surface area contributed by atoms with Gasteiger partial charge in [-0.2, -0.15) is 5.10 Å². The van der Waals surface area contributed by atoms with Crippen molar-refractivity contribution in [1.82, 2.24) is 19.7 Å². The van der Waals surface area contributed by atoms with Crippen molar-refractivity contribution >= 4 is 34.1 Å². The summed E-state index contributed by atoms with van der Waals surface area (Å²) in [6, 6.07) is 15.0. The number of furan rings is 1. The van der Waals surface area contributed by atoms with Gasteiger partial charge in [-0.15, -0.1) is 0 Å². The molecule has 182 valence electrons. The van der Waals surface area contributed by atoms with Crippen molar-refractivity contribution in [3.05, 3.63) is 94.6 Å². The second-order valence-electron chi connectivity index (χ2n) is 8.42. The lowest BCUT2D eigenvalue weighted by atomic mass is 9.99. The maximum absolute atomic E-state index is 14.2. The lowest BCUT2D eigenvalue weighted by Crippen LogP contribution is -2.16. The van der Waals surface area contributed by atoms with Gasteiger partial charge in [0.2, 0.25) is 5.43 Å². The molecule has 9 nitrogen and oxygen atoms in total. The third-order valence-electron chi connectivity index (χ3n) is 6.18. The van der Waals surface area contributed by atoms with E-state index in [1.807, 2.05) is 0 Å². The molecule has 37 heavy (non-hydrogen) atoms. The molecule has 1 atom stereocenters. The lowest BCUT2D eigenvalue weighted by molar-refractivity contribution is 0.110. The van der Waals surface area contributed by atoms with Gasteiger partial charge < -0.3 is 14.6 Å². The van der Waals surface area contributed by atoms with E-state index >= 15 is 0 Å². The average molecular weight is 495 g/mol. The summed E-state index contributed by atoms with van der Waals surface area (Å²) >= 11 is 0. The van der Waals surface area contributed by atoms with Crippen LogP contribution in [0.1, 0.15) is 29.3 Å². The number of nitrogens with two attached hydrogens (primary N) is 1. The van der Waals surface area contributed by atoms with Gasteiger partial charge in [-0.05, 0) is 48.9 Å². The summed E-state index contributed by atoms with van der Waals surface area (Å²) < 4.78 is 27.6. The third kappa shape index (κ3) is 3.57. The van der Waals surface area contributed by atoms with Crippen LogP contribution in [0.15, 0.2) is 80.6 Å². The number of carbonyl (C=O) groups excluding carboxylic acids is 1. The summed E-state index contributed by atoms with van der Waals surface area (Å²) in [5, 5.41) is 5.48. The Morgan fingerprint density at radius 3 is 2.68 bits per heavy atom. The van der Waals surface area contributed by atoms with E-state index in [1.54, 1.807) is 48.0 Å². The monoisotopic (exact) mass is 495 g/mol. The van der Waals surface area contributed by atoms with E-state index in [2.05, 4.69) is 9.97 Å². The van der Waals surface area contributed by atoms with Crippen LogP contribution in [-0.4, -0.2) is 26.0 Å². The number of hydrogen-bond acceptors (Lipinski definition) is 8. The molecule has 0 aliphatic heterocycles. The second-order valence-corrected chi connectivity index (χ2v) is 8.42. The first-order chi connectivity index (χ1) is 18.0. The molecule has 6 aromatic rings. The Labute approximate surface area is 208 Å². The zero-order valence-corrected chi connectivity index (χ0v) is 19.4. The highest BCUT2D eigenvalue weighted by molar-refractivity contribution is 5.97. The smallest absolute Gasteiger partial charge is 0.200 e. The van der Waals surface area contributed by atoms with E-state index < -0.39 is 11.9 Å². The zero-order chi connectivity index (χ0) is 25.7. The number of rotatable bonds is 5. The number of aldehydes is 1. The number of halogens is 1. The highest BCUT2D eigenvalue weighted by Crippen LogP contribution is 2.36. The molecule has 10 heteroatoms. The minimum Gasteiger partial charge on any atom is -0.458 e. The van der Waals surface area contributed by atoms with E-state index in [-0.39, 0.29) is 28.3 Å². The summed E-state index contributed by atoms with van der Waals surface area (Å²) in [4.78, 5) is 33.3. The Bertz CT molecular complexity index is 1890. The Morgan fingerprint density at radius 1 is 1.05 bits per heavy atom. The highest BCUT2D eigenvalue weighted by atomic mass is 19.1. The largest absolute Gasteiger partial charge is 0.458 e. The molecule has 0 fully saturated rings. The highest BCUT2D eigenvalue weighted by Gasteiger charge is 2.27. The number of carbonyl (C=O) groups is 1. The van der Waals surface area contributed by atoms with Crippen LogP contribution in [-0.2, 0) is 0 Å². The molecule has 6 rings (SSSR count). The SMILES string of the molecule is CC(c1oc2ccccc2c(=O)c1-c1cccc(F)c1)n1nc(-c2ccc(C=O)o2)c2c(N)ncnc21. The molecule has 1 unspecified atom stereocenters. The molecule has 0 saturated heterocycles. The van der Waals surface area contributed by atoms with Crippen LogP contribution < -0.4 is 11.2 Å². The van der Waals surface area contributed by atoms with Crippen LogP contribution >= 0.6 is 0 Å². The van der Waals surface area contributed by atoms with Crippen LogP contribution in [0.5, 0.6) is 0 Å². The molecule has 4 heterocycles. The molecule has 0 amide bonds. The normalized spacial score (nSPS) is 12.3. The summed E-state index contributed by atoms with van der Waals surface area (Å²) in [5.41, 5.74) is 7.52. The van der Waals surface area contributed by atoms with Crippen LogP contribution in [0.4, 0.5) is 10.2 Å². The number of para-hydroxylation sites is 1. The van der Waals surface area contributed by atoms with E-state index in [9.17, 15) is 14.0 Å². The molecule has 0 aliphatic carbocycles. The van der Waals surface area contributed by atoms with Gasteiger partial charge in [0.15, 0.2) is 23.5 Å². The predicted octanol–water partition coefficient (Wildman–Crippen LogP) is 5.00. The Kier molecular flexibility index (Phi) is 5.15. The summed E-state index contributed by atoms with van der Waals surface area (Å²) in [6.45, 7) is 1.78. The van der Waals surface area contributed by atoms with Crippen LogP contribution in [0.2, 0.25) is 0 Å². The summed E-state index contributed by atoms with van der Waals surface area (Å²) in [6.07, 6.45) is 1.88. The maximum Gasteiger partial charge on any atom is 0.200 e. The van der Waals surface area contributed by atoms with Crippen LogP contribution in [0.25, 0.3) is 44.6 Å². The molecule has 4 aromatic heterocycles. The van der Waals surface area contributed by atoms with Crippen molar-refractivity contribution in [3.8, 4) is 22.6 Å². The van der Waals surface area contributed by atoms with E-state index in [1.165, 1.54) is 30.6 Å². The number of nitrogens with zero attached hydrogens (tertiary/aromatic N) is 4. The maximum atomic E-state index is 14.2. The Hall–Kier alpha value is -5.12. The quantitative estimate of drug-likeness (QED) is 0.331. The standard InChI is InChI=1S/C27H18FN5O4/c1-14(33-27-22(26(29)30-13-31-27)23(32-33)20-10-9-17(12-34)36-20)25-21(15-5-4-6-16(28)11-15)24(35)18-7-2-3-8-19(18)37-25/h2-14H,1H3,(H2,29,30,31). The van der Waals surface area contributed by atoms with Gasteiger partial charge in [-0.25, -0.2) is 19.0 Å². The fraction of sp³-hybridized carbons (Fsp3) is 0.0741. The molecule has 0 radical (unpaired) electrons. The van der Waals surface area contributed by atoms with E-state index in [0.29, 0.717) is 45.3 Å². The number of hydrogen-bond donors (Lipinski definition) is 1. The summed E-state index contributed by atoms with van der Waals surface area (Å²) in [7, 11) is 0. The molecular formula is C27H18FN5O4. The van der Waals surface area contributed by atoms with Crippen molar-refractivity contribution < 1.29 is 18.0 Å². The minimum atomic E-state index is -0.693. The zero-order valence-electron chi connectivity index (χ0n) is 19.4. The van der Waals surface area contributed by atoms with Crippen molar-refractivity contribution in [3.63, 3.8) is 0 Å². The molecule has 2 aromatic carbocycles. The number of aromatic nitrogens is 4. The van der Waals surface area contributed by atoms with E-state index in [4.69, 9.17) is 19.7 Å². The first-order valence-corrected chi connectivity index (χ1v) is 11.3. The fourth-order valence-corrected chi connectivity index (χ4v) is 4.46. The van der Waals surface area contributed by atoms with Crippen LogP contribution in [0, 0.1) is 5.82 Å². The second kappa shape index (κ2) is 8.52. The average Bonchev–Trinajstić information content (AvgIpc) is 3.54. The van der Waals surface area contributed by atoms with Gasteiger partial charge in [0, 0.05) is 0 Å². The van der Waals surface area contributed by atoms with Gasteiger partial charge in [-0.3, -0.25) is 9.59 Å². The third-order valence-corrected chi connectivity index (χ3v) is 6.18. The first-order valence-electron chi connectivity index (χ1n) is 11.3. The van der Waals surface area contributed by atoms with Crippen molar-refractivity contribution in [2.24, 2.45) is 0 Å². The number of benzene rings is 2. The molecule has 0 aliphatic rings. The molecule has 0 bridgehead atoms. The van der Waals surface area contributed by atoms with E-state index in [0.717, 1.165) is 0 Å². The molecule has 2 N–H and O–H groups in total.